The van der Waals surface area contributed by atoms with E-state index in [0.717, 1.165) is 12.4 Å². The molecule has 3 rings (SSSR count). The number of benzene rings is 1. The first-order chi connectivity index (χ1) is 13.3. The summed E-state index contributed by atoms with van der Waals surface area (Å²) in [6, 6.07) is 6.33. The van der Waals surface area contributed by atoms with Crippen LogP contribution in [-0.4, -0.2) is 57.8 Å². The van der Waals surface area contributed by atoms with Gasteiger partial charge in [-0.1, -0.05) is 12.1 Å². The van der Waals surface area contributed by atoms with Crippen LogP contribution in [0.1, 0.15) is 23.0 Å². The SMILES string of the molecule is CC(=O)N1CCN(C(=O)c2cc(Nc3ccccc3C(F)(F)F)ncn2)CC1. The first-order valence-corrected chi connectivity index (χ1v) is 8.56. The lowest BCUT2D eigenvalue weighted by molar-refractivity contribution is -0.137. The van der Waals surface area contributed by atoms with Gasteiger partial charge in [0.2, 0.25) is 5.91 Å². The Balaban J connectivity index is 1.75. The highest BCUT2D eigenvalue weighted by atomic mass is 19.4. The normalized spacial score (nSPS) is 14.7. The van der Waals surface area contributed by atoms with E-state index in [9.17, 15) is 22.8 Å². The van der Waals surface area contributed by atoms with Gasteiger partial charge >= 0.3 is 6.18 Å². The summed E-state index contributed by atoms with van der Waals surface area (Å²) in [7, 11) is 0. The fourth-order valence-corrected chi connectivity index (χ4v) is 2.91. The van der Waals surface area contributed by atoms with Crippen LogP contribution in [0.3, 0.4) is 0 Å². The Labute approximate surface area is 159 Å². The summed E-state index contributed by atoms with van der Waals surface area (Å²) < 4.78 is 39.4. The minimum absolute atomic E-state index is 0.0519. The third-order valence-corrected chi connectivity index (χ3v) is 4.39. The molecule has 1 aromatic heterocycles. The van der Waals surface area contributed by atoms with E-state index < -0.39 is 11.7 Å². The molecule has 0 saturated carbocycles. The lowest BCUT2D eigenvalue weighted by atomic mass is 10.1. The van der Waals surface area contributed by atoms with Gasteiger partial charge < -0.3 is 15.1 Å². The average molecular weight is 393 g/mol. The van der Waals surface area contributed by atoms with Gasteiger partial charge in [0.25, 0.3) is 5.91 Å². The summed E-state index contributed by atoms with van der Waals surface area (Å²) in [5.41, 5.74) is -0.928. The molecule has 0 radical (unpaired) electrons. The number of amides is 2. The van der Waals surface area contributed by atoms with E-state index in [1.807, 2.05) is 0 Å². The molecule has 2 aromatic rings. The van der Waals surface area contributed by atoms with Gasteiger partial charge in [-0.2, -0.15) is 13.2 Å². The number of nitrogens with zero attached hydrogens (tertiary/aromatic N) is 4. The highest BCUT2D eigenvalue weighted by molar-refractivity contribution is 5.93. The smallest absolute Gasteiger partial charge is 0.340 e. The molecule has 0 unspecified atom stereocenters. The van der Waals surface area contributed by atoms with Gasteiger partial charge in [0.15, 0.2) is 0 Å². The first kappa shape index (κ1) is 19.6. The number of carbonyl (C=O) groups excluding carboxylic acids is 2. The average Bonchev–Trinajstić information content (AvgIpc) is 2.67. The second-order valence-electron chi connectivity index (χ2n) is 6.26. The molecule has 0 aliphatic carbocycles. The van der Waals surface area contributed by atoms with Crippen LogP contribution >= 0.6 is 0 Å². The monoisotopic (exact) mass is 393 g/mol. The maximum absolute atomic E-state index is 13.1. The number of nitrogens with one attached hydrogen (secondary N) is 1. The number of alkyl halides is 3. The maximum atomic E-state index is 13.1. The van der Waals surface area contributed by atoms with Crippen molar-refractivity contribution in [1.82, 2.24) is 19.8 Å². The van der Waals surface area contributed by atoms with Gasteiger partial charge in [0, 0.05) is 39.2 Å². The maximum Gasteiger partial charge on any atom is 0.418 e. The minimum Gasteiger partial charge on any atom is -0.340 e. The van der Waals surface area contributed by atoms with Crippen molar-refractivity contribution in [2.75, 3.05) is 31.5 Å². The summed E-state index contributed by atoms with van der Waals surface area (Å²) in [5, 5.41) is 2.60. The molecular formula is C18H18F3N5O2. The molecule has 28 heavy (non-hydrogen) atoms. The molecule has 148 valence electrons. The molecule has 1 fully saturated rings. The molecular weight excluding hydrogens is 375 g/mol. The number of halogens is 3. The van der Waals surface area contributed by atoms with E-state index in [0.29, 0.717) is 26.2 Å². The predicted octanol–water partition coefficient (Wildman–Crippen LogP) is 2.54. The van der Waals surface area contributed by atoms with Crippen LogP contribution in [0.15, 0.2) is 36.7 Å². The van der Waals surface area contributed by atoms with E-state index in [1.165, 1.54) is 31.2 Å². The molecule has 0 spiro atoms. The van der Waals surface area contributed by atoms with Crippen molar-refractivity contribution in [3.63, 3.8) is 0 Å². The predicted molar refractivity (Wildman–Crippen MR) is 94.9 cm³/mol. The number of aromatic nitrogens is 2. The lowest BCUT2D eigenvalue weighted by Crippen LogP contribution is -2.50. The van der Waals surface area contributed by atoms with Crippen molar-refractivity contribution >= 4 is 23.3 Å². The van der Waals surface area contributed by atoms with Crippen molar-refractivity contribution in [1.29, 1.82) is 0 Å². The molecule has 0 bridgehead atoms. The van der Waals surface area contributed by atoms with Gasteiger partial charge in [-0.15, -0.1) is 0 Å². The molecule has 1 N–H and O–H groups in total. The van der Waals surface area contributed by atoms with E-state index in [2.05, 4.69) is 15.3 Å². The number of para-hydroxylation sites is 1. The second-order valence-corrected chi connectivity index (χ2v) is 6.26. The Morgan fingerprint density at radius 2 is 1.68 bits per heavy atom. The van der Waals surface area contributed by atoms with Gasteiger partial charge in [-0.3, -0.25) is 9.59 Å². The summed E-state index contributed by atoms with van der Waals surface area (Å²) in [5.74, 6) is -0.334. The van der Waals surface area contributed by atoms with Crippen molar-refractivity contribution in [3.05, 3.63) is 47.9 Å². The molecule has 1 aliphatic rings. The molecule has 1 aliphatic heterocycles. The molecule has 10 heteroatoms. The van der Waals surface area contributed by atoms with E-state index in [4.69, 9.17) is 0 Å². The van der Waals surface area contributed by atoms with E-state index in [1.54, 1.807) is 9.80 Å². The van der Waals surface area contributed by atoms with Crippen molar-refractivity contribution in [2.24, 2.45) is 0 Å². The topological polar surface area (TPSA) is 78.4 Å². The summed E-state index contributed by atoms with van der Waals surface area (Å²) in [6.45, 7) is 3.05. The zero-order chi connectivity index (χ0) is 20.3. The Hall–Kier alpha value is -3.17. The largest absolute Gasteiger partial charge is 0.418 e. The van der Waals surface area contributed by atoms with Crippen LogP contribution < -0.4 is 5.32 Å². The number of hydrogen-bond acceptors (Lipinski definition) is 5. The van der Waals surface area contributed by atoms with Crippen LogP contribution in [0.25, 0.3) is 0 Å². The Bertz CT molecular complexity index is 880. The van der Waals surface area contributed by atoms with Crippen molar-refractivity contribution in [2.45, 2.75) is 13.1 Å². The van der Waals surface area contributed by atoms with Crippen molar-refractivity contribution < 1.29 is 22.8 Å². The van der Waals surface area contributed by atoms with Gasteiger partial charge in [-0.25, -0.2) is 9.97 Å². The molecule has 2 amide bonds. The van der Waals surface area contributed by atoms with E-state index >= 15 is 0 Å². The number of hydrogen-bond donors (Lipinski definition) is 1. The zero-order valence-corrected chi connectivity index (χ0v) is 15.0. The molecule has 1 saturated heterocycles. The van der Waals surface area contributed by atoms with Crippen LogP contribution in [0.5, 0.6) is 0 Å². The Kier molecular flexibility index (Phi) is 5.48. The molecule has 2 heterocycles. The zero-order valence-electron chi connectivity index (χ0n) is 15.0. The quantitative estimate of drug-likeness (QED) is 0.867. The minimum atomic E-state index is -4.52. The van der Waals surface area contributed by atoms with Gasteiger partial charge in [0.05, 0.1) is 11.3 Å². The third kappa shape index (κ3) is 4.38. The Morgan fingerprint density at radius 1 is 1.04 bits per heavy atom. The van der Waals surface area contributed by atoms with Crippen LogP contribution in [0, 0.1) is 0 Å². The number of anilines is 2. The van der Waals surface area contributed by atoms with Gasteiger partial charge in [-0.05, 0) is 12.1 Å². The first-order valence-electron chi connectivity index (χ1n) is 8.56. The van der Waals surface area contributed by atoms with Crippen LogP contribution in [0.4, 0.5) is 24.7 Å². The molecule has 7 nitrogen and oxygen atoms in total. The lowest BCUT2D eigenvalue weighted by Gasteiger charge is -2.34. The molecule has 0 atom stereocenters. The Morgan fingerprint density at radius 3 is 2.32 bits per heavy atom. The fraction of sp³-hybridized carbons (Fsp3) is 0.333. The third-order valence-electron chi connectivity index (χ3n) is 4.39. The summed E-state index contributed by atoms with van der Waals surface area (Å²) in [6.07, 6.45) is -3.40. The molecule has 1 aromatic carbocycles. The van der Waals surface area contributed by atoms with Crippen molar-refractivity contribution in [3.8, 4) is 0 Å². The standard InChI is InChI=1S/C18H18F3N5O2/c1-12(27)25-6-8-26(9-7-25)17(28)15-10-16(23-11-22-15)24-14-5-3-2-4-13(14)18(19,20)21/h2-5,10-11H,6-9H2,1H3,(H,22,23,24). The highest BCUT2D eigenvalue weighted by Gasteiger charge is 2.33. The second kappa shape index (κ2) is 7.83. The summed E-state index contributed by atoms with van der Waals surface area (Å²) >= 11 is 0. The van der Waals surface area contributed by atoms with E-state index in [-0.39, 0.29) is 29.0 Å². The van der Waals surface area contributed by atoms with Gasteiger partial charge in [0.1, 0.15) is 17.8 Å². The highest BCUT2D eigenvalue weighted by Crippen LogP contribution is 2.35. The number of rotatable bonds is 3. The number of piperazine rings is 1. The van der Waals surface area contributed by atoms with Crippen LogP contribution in [0.2, 0.25) is 0 Å². The van der Waals surface area contributed by atoms with Crippen LogP contribution in [-0.2, 0) is 11.0 Å². The fourth-order valence-electron chi connectivity index (χ4n) is 2.91. The number of carbonyl (C=O) groups is 2. The summed E-state index contributed by atoms with van der Waals surface area (Å²) in [4.78, 5) is 35.0.